The minimum Gasteiger partial charge on any atom is -0.228 e. The minimum absolute atomic E-state index is 0.722. The van der Waals surface area contributed by atoms with Crippen LogP contribution in [0, 0.1) is 13.8 Å². The van der Waals surface area contributed by atoms with Gasteiger partial charge in [-0.3, -0.25) is 0 Å². The van der Waals surface area contributed by atoms with Crippen LogP contribution in [-0.2, 0) is 0 Å². The Morgan fingerprint density at radius 1 is 0.422 bits per heavy atom. The topological polar surface area (TPSA) is 25.8 Å². The summed E-state index contributed by atoms with van der Waals surface area (Å²) in [7, 11) is 0. The van der Waals surface area contributed by atoms with Crippen molar-refractivity contribution in [3.8, 4) is 45.0 Å². The summed E-state index contributed by atoms with van der Waals surface area (Å²) in [6, 6.07) is 49.7. The SMILES string of the molecule is Cc1ccc(Br)cc1-c1nc(-c2ccccc2)nc(-c2cccc(-c3ccc4c5ccccc5c5ccccc5c4c3)c2)c1C. The van der Waals surface area contributed by atoms with Gasteiger partial charge in [0.15, 0.2) is 5.82 Å². The molecule has 8 rings (SSSR count). The van der Waals surface area contributed by atoms with Gasteiger partial charge in [0.1, 0.15) is 0 Å². The number of fused-ring (bicyclic) bond motifs is 6. The summed E-state index contributed by atoms with van der Waals surface area (Å²) >= 11 is 3.68. The summed E-state index contributed by atoms with van der Waals surface area (Å²) in [4.78, 5) is 10.3. The first-order valence-corrected chi connectivity index (χ1v) is 16.0. The second kappa shape index (κ2) is 11.1. The van der Waals surface area contributed by atoms with E-state index < -0.39 is 0 Å². The molecule has 3 heteroatoms. The molecule has 0 fully saturated rings. The third kappa shape index (κ3) is 4.81. The number of aryl methyl sites for hydroxylation is 1. The van der Waals surface area contributed by atoms with Crippen molar-refractivity contribution < 1.29 is 0 Å². The van der Waals surface area contributed by atoms with Crippen molar-refractivity contribution in [3.05, 3.63) is 155 Å². The van der Waals surface area contributed by atoms with Gasteiger partial charge < -0.3 is 0 Å². The Bertz CT molecular complexity index is 2380. The molecular weight excluding hydrogens is 612 g/mol. The van der Waals surface area contributed by atoms with Crippen LogP contribution < -0.4 is 0 Å². The highest BCUT2D eigenvalue weighted by Crippen LogP contribution is 2.39. The molecule has 0 atom stereocenters. The molecule has 0 bridgehead atoms. The lowest BCUT2D eigenvalue weighted by molar-refractivity contribution is 1.14. The first-order chi connectivity index (χ1) is 22.0. The minimum atomic E-state index is 0.722. The van der Waals surface area contributed by atoms with E-state index in [9.17, 15) is 0 Å². The van der Waals surface area contributed by atoms with Crippen molar-refractivity contribution in [2.75, 3.05) is 0 Å². The lowest BCUT2D eigenvalue weighted by Gasteiger charge is -2.16. The third-order valence-corrected chi connectivity index (χ3v) is 9.34. The first-order valence-electron chi connectivity index (χ1n) is 15.2. The molecule has 0 aliphatic heterocycles. The predicted molar refractivity (Wildman–Crippen MR) is 193 cm³/mol. The molecule has 8 aromatic rings. The third-order valence-electron chi connectivity index (χ3n) is 8.85. The number of halogens is 1. The highest BCUT2D eigenvalue weighted by Gasteiger charge is 2.18. The smallest absolute Gasteiger partial charge is 0.160 e. The van der Waals surface area contributed by atoms with E-state index in [1.807, 2.05) is 18.2 Å². The lowest BCUT2D eigenvalue weighted by Crippen LogP contribution is -2.01. The van der Waals surface area contributed by atoms with Gasteiger partial charge in [0.2, 0.25) is 0 Å². The summed E-state index contributed by atoms with van der Waals surface area (Å²) in [5.41, 5.74) is 9.64. The fraction of sp³-hybridized carbons (Fsp3) is 0.0476. The van der Waals surface area contributed by atoms with Crippen LogP contribution in [-0.4, -0.2) is 9.97 Å². The van der Waals surface area contributed by atoms with Crippen LogP contribution in [0.15, 0.2) is 144 Å². The predicted octanol–water partition coefficient (Wildman–Crippen LogP) is 12.0. The van der Waals surface area contributed by atoms with Gasteiger partial charge in [0.05, 0.1) is 11.4 Å². The summed E-state index contributed by atoms with van der Waals surface area (Å²) in [5.74, 6) is 0.722. The zero-order valence-electron chi connectivity index (χ0n) is 25.1. The Balaban J connectivity index is 1.33. The Labute approximate surface area is 271 Å². The Kier molecular flexibility index (Phi) is 6.77. The van der Waals surface area contributed by atoms with E-state index in [2.05, 4.69) is 151 Å². The zero-order valence-corrected chi connectivity index (χ0v) is 26.6. The maximum absolute atomic E-state index is 5.19. The second-order valence-corrected chi connectivity index (χ2v) is 12.5. The normalized spacial score (nSPS) is 11.4. The van der Waals surface area contributed by atoms with Crippen molar-refractivity contribution in [2.24, 2.45) is 0 Å². The van der Waals surface area contributed by atoms with Crippen molar-refractivity contribution >= 4 is 48.2 Å². The largest absolute Gasteiger partial charge is 0.228 e. The van der Waals surface area contributed by atoms with Crippen LogP contribution in [0.2, 0.25) is 0 Å². The van der Waals surface area contributed by atoms with Gasteiger partial charge in [-0.25, -0.2) is 9.97 Å². The molecule has 0 amide bonds. The Morgan fingerprint density at radius 2 is 0.978 bits per heavy atom. The van der Waals surface area contributed by atoms with Gasteiger partial charge in [-0.2, -0.15) is 0 Å². The average Bonchev–Trinajstić information content (AvgIpc) is 3.10. The van der Waals surface area contributed by atoms with E-state index in [-0.39, 0.29) is 0 Å². The van der Waals surface area contributed by atoms with Crippen molar-refractivity contribution in [2.45, 2.75) is 13.8 Å². The number of hydrogen-bond donors (Lipinski definition) is 0. The average molecular weight is 642 g/mol. The first kappa shape index (κ1) is 27.4. The van der Waals surface area contributed by atoms with Crippen LogP contribution in [0.25, 0.3) is 77.3 Å². The highest BCUT2D eigenvalue weighted by molar-refractivity contribution is 9.10. The standard InChI is InChI=1S/C42H29BrN2/c1-26-19-21-32(43)25-38(26)41-27(2)40(44-42(45-41)28-11-4-3-5-12-28)31-14-10-13-29(23-31)30-20-22-37-35-17-7-6-15-33(35)34-16-8-9-18-36(34)39(37)24-30/h3-25H,1-2H3. The fourth-order valence-electron chi connectivity index (χ4n) is 6.56. The molecule has 1 aromatic heterocycles. The molecule has 214 valence electrons. The summed E-state index contributed by atoms with van der Waals surface area (Å²) in [6.45, 7) is 4.28. The number of hydrogen-bond acceptors (Lipinski definition) is 2. The Morgan fingerprint density at radius 3 is 1.69 bits per heavy atom. The van der Waals surface area contributed by atoms with E-state index in [1.165, 1.54) is 43.4 Å². The van der Waals surface area contributed by atoms with E-state index >= 15 is 0 Å². The van der Waals surface area contributed by atoms with Crippen molar-refractivity contribution in [3.63, 3.8) is 0 Å². The molecular formula is C42H29BrN2. The monoisotopic (exact) mass is 640 g/mol. The molecule has 45 heavy (non-hydrogen) atoms. The van der Waals surface area contributed by atoms with Crippen LogP contribution in [0.3, 0.4) is 0 Å². The van der Waals surface area contributed by atoms with Gasteiger partial charge in [-0.05, 0) is 87.1 Å². The van der Waals surface area contributed by atoms with Crippen molar-refractivity contribution in [1.29, 1.82) is 0 Å². The van der Waals surface area contributed by atoms with Gasteiger partial charge in [-0.15, -0.1) is 0 Å². The van der Waals surface area contributed by atoms with Crippen molar-refractivity contribution in [1.82, 2.24) is 9.97 Å². The molecule has 7 aromatic carbocycles. The van der Waals surface area contributed by atoms with Gasteiger partial charge in [0.25, 0.3) is 0 Å². The van der Waals surface area contributed by atoms with Crippen LogP contribution in [0.5, 0.6) is 0 Å². The molecule has 0 aliphatic rings. The van der Waals surface area contributed by atoms with Gasteiger partial charge in [0, 0.05) is 26.7 Å². The quantitative estimate of drug-likeness (QED) is 0.179. The van der Waals surface area contributed by atoms with Crippen LogP contribution >= 0.6 is 15.9 Å². The lowest BCUT2D eigenvalue weighted by atomic mass is 9.91. The maximum Gasteiger partial charge on any atom is 0.160 e. The van der Waals surface area contributed by atoms with E-state index in [1.54, 1.807) is 0 Å². The molecule has 2 nitrogen and oxygen atoms in total. The van der Waals surface area contributed by atoms with Gasteiger partial charge in [-0.1, -0.05) is 131 Å². The Hall–Kier alpha value is -5.12. The molecule has 0 saturated heterocycles. The molecule has 0 aliphatic carbocycles. The molecule has 0 unspecified atom stereocenters. The van der Waals surface area contributed by atoms with E-state index in [0.29, 0.717) is 0 Å². The second-order valence-electron chi connectivity index (χ2n) is 11.6. The number of benzene rings is 7. The number of rotatable bonds is 4. The summed E-state index contributed by atoms with van der Waals surface area (Å²) < 4.78 is 1.03. The fourth-order valence-corrected chi connectivity index (χ4v) is 6.92. The van der Waals surface area contributed by atoms with Gasteiger partial charge >= 0.3 is 0 Å². The van der Waals surface area contributed by atoms with E-state index in [0.717, 1.165) is 49.5 Å². The number of nitrogens with zero attached hydrogens (tertiary/aromatic N) is 2. The van der Waals surface area contributed by atoms with E-state index in [4.69, 9.17) is 9.97 Å². The van der Waals surface area contributed by atoms with Crippen LogP contribution in [0.1, 0.15) is 11.1 Å². The zero-order chi connectivity index (χ0) is 30.5. The number of aromatic nitrogens is 2. The maximum atomic E-state index is 5.19. The summed E-state index contributed by atoms with van der Waals surface area (Å²) in [6.07, 6.45) is 0. The highest BCUT2D eigenvalue weighted by atomic mass is 79.9. The molecule has 0 radical (unpaired) electrons. The summed E-state index contributed by atoms with van der Waals surface area (Å²) in [5, 5.41) is 7.68. The van der Waals surface area contributed by atoms with Crippen LogP contribution in [0.4, 0.5) is 0 Å². The molecule has 0 saturated carbocycles. The molecule has 1 heterocycles. The molecule has 0 N–H and O–H groups in total. The molecule has 0 spiro atoms.